The molecule has 0 radical (unpaired) electrons. The van der Waals surface area contributed by atoms with E-state index in [1.54, 1.807) is 4.90 Å². The molecule has 1 aliphatic heterocycles. The highest BCUT2D eigenvalue weighted by molar-refractivity contribution is 9.10. The minimum atomic E-state index is -0.518. The van der Waals surface area contributed by atoms with E-state index in [1.807, 2.05) is 78.9 Å². The first-order valence-electron chi connectivity index (χ1n) is 11.9. The van der Waals surface area contributed by atoms with Gasteiger partial charge in [-0.2, -0.15) is 9.78 Å². The second-order valence-electron chi connectivity index (χ2n) is 8.80. The number of hydrogen-bond donors (Lipinski definition) is 0. The lowest BCUT2D eigenvalue weighted by molar-refractivity contribution is 0.0869. The van der Waals surface area contributed by atoms with Crippen molar-refractivity contribution in [3.63, 3.8) is 0 Å². The Balaban J connectivity index is 1.27. The van der Waals surface area contributed by atoms with E-state index in [0.717, 1.165) is 39.5 Å². The average molecular weight is 548 g/mol. The normalized spacial score (nSPS) is 14.1. The Morgan fingerprint density at radius 3 is 2.03 bits per heavy atom. The summed E-state index contributed by atoms with van der Waals surface area (Å²) >= 11 is 3.50. The third-order valence-electron chi connectivity index (χ3n) is 6.39. The lowest BCUT2D eigenvalue weighted by Crippen LogP contribution is -2.38. The second kappa shape index (κ2) is 11.0. The summed E-state index contributed by atoms with van der Waals surface area (Å²) in [5.74, 6) is 0.120. The Morgan fingerprint density at radius 1 is 0.833 bits per heavy atom. The topological polar surface area (TPSA) is 73.7 Å². The van der Waals surface area contributed by atoms with Gasteiger partial charge in [0.2, 0.25) is 0 Å². The summed E-state index contributed by atoms with van der Waals surface area (Å²) in [6, 6.07) is 25.0. The Hall–Kier alpha value is -3.65. The minimum absolute atomic E-state index is 0.120. The highest BCUT2D eigenvalue weighted by Crippen LogP contribution is 2.34. The summed E-state index contributed by atoms with van der Waals surface area (Å²) in [6.07, 6.45) is 0.653. The Kier molecular flexibility index (Phi) is 7.32. The molecule has 0 aliphatic carbocycles. The molecule has 5 rings (SSSR count). The van der Waals surface area contributed by atoms with Crippen LogP contribution in [0.1, 0.15) is 35.6 Å². The molecule has 8 heteroatoms. The summed E-state index contributed by atoms with van der Waals surface area (Å²) < 4.78 is 13.2. The zero-order chi connectivity index (χ0) is 24.9. The zero-order valence-corrected chi connectivity index (χ0v) is 21.3. The van der Waals surface area contributed by atoms with Gasteiger partial charge in [0.1, 0.15) is 13.2 Å². The molecule has 0 unspecified atom stereocenters. The molecule has 4 aromatic rings. The van der Waals surface area contributed by atoms with Gasteiger partial charge in [0, 0.05) is 28.9 Å². The van der Waals surface area contributed by atoms with Crippen molar-refractivity contribution in [2.75, 3.05) is 13.1 Å². The maximum absolute atomic E-state index is 13.0. The van der Waals surface area contributed by atoms with Crippen LogP contribution >= 0.6 is 15.9 Å². The monoisotopic (exact) mass is 547 g/mol. The molecule has 1 aromatic heterocycles. The van der Waals surface area contributed by atoms with Crippen molar-refractivity contribution in [3.8, 4) is 0 Å². The van der Waals surface area contributed by atoms with E-state index in [2.05, 4.69) is 15.9 Å². The number of halogens is 1. The van der Waals surface area contributed by atoms with Crippen LogP contribution in [0.5, 0.6) is 0 Å². The summed E-state index contributed by atoms with van der Waals surface area (Å²) in [5, 5.41) is 5.62. The quantitative estimate of drug-likeness (QED) is 0.285. The van der Waals surface area contributed by atoms with E-state index in [9.17, 15) is 9.59 Å². The largest absolute Gasteiger partial charge is 0.445 e. The number of carbonyl (C=O) groups is 2. The van der Waals surface area contributed by atoms with E-state index < -0.39 is 6.09 Å². The number of ether oxygens (including phenoxy) is 2. The molecule has 0 bridgehead atoms. The third kappa shape index (κ3) is 5.44. The fourth-order valence-corrected chi connectivity index (χ4v) is 4.83. The summed E-state index contributed by atoms with van der Waals surface area (Å²) in [6.45, 7) is 1.58. The third-order valence-corrected chi connectivity index (χ3v) is 6.89. The van der Waals surface area contributed by atoms with Crippen molar-refractivity contribution in [2.45, 2.75) is 32.0 Å². The fourth-order valence-electron chi connectivity index (χ4n) is 4.48. The molecule has 0 N–H and O–H groups in total. The lowest BCUT2D eigenvalue weighted by Gasteiger charge is -2.30. The molecule has 2 heterocycles. The summed E-state index contributed by atoms with van der Waals surface area (Å²) in [7, 11) is 0. The van der Waals surface area contributed by atoms with Gasteiger partial charge in [-0.1, -0.05) is 76.6 Å². The SMILES string of the molecule is O=C(OCc1ccccc1)N1CCC(c2nn(C(=O)OCc3ccccc3)c3cc(Br)ccc23)CC1. The van der Waals surface area contributed by atoms with Crippen LogP contribution in [0, 0.1) is 0 Å². The van der Waals surface area contributed by atoms with Crippen molar-refractivity contribution in [3.05, 3.63) is 100 Å². The molecule has 0 spiro atoms. The Bertz CT molecular complexity index is 1350. The van der Waals surface area contributed by atoms with Crippen LogP contribution in [0.4, 0.5) is 9.59 Å². The predicted octanol–water partition coefficient (Wildman–Crippen LogP) is 6.50. The second-order valence-corrected chi connectivity index (χ2v) is 9.72. The number of likely N-dealkylation sites (tertiary alicyclic amines) is 1. The molecule has 184 valence electrons. The predicted molar refractivity (Wildman–Crippen MR) is 140 cm³/mol. The molecule has 7 nitrogen and oxygen atoms in total. The standard InChI is InChI=1S/C28H26BrN3O4/c29-23-11-12-24-25(17-23)32(28(34)36-19-21-9-5-2-6-10-21)30-26(24)22-13-15-31(16-14-22)27(33)35-18-20-7-3-1-4-8-20/h1-12,17,22H,13-16,18-19H2. The number of carbonyl (C=O) groups excluding carboxylic acids is 2. The van der Waals surface area contributed by atoms with Gasteiger partial charge in [-0.25, -0.2) is 9.59 Å². The van der Waals surface area contributed by atoms with E-state index in [-0.39, 0.29) is 25.2 Å². The van der Waals surface area contributed by atoms with Gasteiger partial charge in [-0.15, -0.1) is 0 Å². The van der Waals surface area contributed by atoms with Crippen LogP contribution < -0.4 is 0 Å². The number of nitrogens with zero attached hydrogens (tertiary/aromatic N) is 3. The van der Waals surface area contributed by atoms with Gasteiger partial charge in [0.15, 0.2) is 0 Å². The van der Waals surface area contributed by atoms with Gasteiger partial charge < -0.3 is 14.4 Å². The molecule has 1 amide bonds. The maximum atomic E-state index is 13.0. The number of amides is 1. The molecule has 1 fully saturated rings. The number of benzene rings is 3. The van der Waals surface area contributed by atoms with Crippen molar-refractivity contribution in [1.29, 1.82) is 0 Å². The van der Waals surface area contributed by atoms with Crippen LogP contribution in [0.3, 0.4) is 0 Å². The first-order valence-corrected chi connectivity index (χ1v) is 12.7. The number of hydrogen-bond acceptors (Lipinski definition) is 5. The average Bonchev–Trinajstić information content (AvgIpc) is 3.30. The Labute approximate surface area is 217 Å². The summed E-state index contributed by atoms with van der Waals surface area (Å²) in [4.78, 5) is 27.3. The molecule has 36 heavy (non-hydrogen) atoms. The molecule has 3 aromatic carbocycles. The first kappa shape index (κ1) is 24.1. The van der Waals surface area contributed by atoms with Crippen LogP contribution in [-0.4, -0.2) is 40.0 Å². The van der Waals surface area contributed by atoms with Gasteiger partial charge in [-0.05, 0) is 42.2 Å². The Morgan fingerprint density at radius 2 is 1.42 bits per heavy atom. The van der Waals surface area contributed by atoms with Crippen molar-refractivity contribution >= 4 is 39.0 Å². The van der Waals surface area contributed by atoms with Gasteiger partial charge in [0.05, 0.1) is 11.2 Å². The van der Waals surface area contributed by atoms with Crippen molar-refractivity contribution in [1.82, 2.24) is 14.7 Å². The molecular formula is C28H26BrN3O4. The van der Waals surface area contributed by atoms with Gasteiger partial charge in [0.25, 0.3) is 0 Å². The summed E-state index contributed by atoms with van der Waals surface area (Å²) in [5.41, 5.74) is 3.42. The first-order chi connectivity index (χ1) is 17.6. The zero-order valence-electron chi connectivity index (χ0n) is 19.7. The van der Waals surface area contributed by atoms with E-state index in [0.29, 0.717) is 18.6 Å². The van der Waals surface area contributed by atoms with Crippen LogP contribution in [0.15, 0.2) is 83.3 Å². The van der Waals surface area contributed by atoms with Gasteiger partial charge in [-0.3, -0.25) is 0 Å². The number of fused-ring (bicyclic) bond motifs is 1. The van der Waals surface area contributed by atoms with Crippen LogP contribution in [0.2, 0.25) is 0 Å². The highest BCUT2D eigenvalue weighted by Gasteiger charge is 2.29. The lowest BCUT2D eigenvalue weighted by atomic mass is 9.92. The fraction of sp³-hybridized carbons (Fsp3) is 0.250. The maximum Gasteiger partial charge on any atom is 0.435 e. The minimum Gasteiger partial charge on any atom is -0.445 e. The molecule has 1 aliphatic rings. The number of piperidine rings is 1. The van der Waals surface area contributed by atoms with E-state index in [1.165, 1.54) is 4.68 Å². The molecular weight excluding hydrogens is 522 g/mol. The number of aromatic nitrogens is 2. The molecule has 1 saturated heterocycles. The van der Waals surface area contributed by atoms with Gasteiger partial charge >= 0.3 is 12.2 Å². The van der Waals surface area contributed by atoms with Crippen LogP contribution in [-0.2, 0) is 22.7 Å². The smallest absolute Gasteiger partial charge is 0.435 e. The van der Waals surface area contributed by atoms with Crippen LogP contribution in [0.25, 0.3) is 10.9 Å². The van der Waals surface area contributed by atoms with E-state index in [4.69, 9.17) is 14.6 Å². The number of rotatable bonds is 5. The molecule has 0 saturated carbocycles. The van der Waals surface area contributed by atoms with Crippen molar-refractivity contribution < 1.29 is 19.1 Å². The highest BCUT2D eigenvalue weighted by atomic mass is 79.9. The molecule has 0 atom stereocenters. The van der Waals surface area contributed by atoms with E-state index >= 15 is 0 Å². The van der Waals surface area contributed by atoms with Crippen molar-refractivity contribution in [2.24, 2.45) is 0 Å².